The lowest BCUT2D eigenvalue weighted by Crippen LogP contribution is -2.35. The van der Waals surface area contributed by atoms with Gasteiger partial charge in [0, 0.05) is 37.8 Å². The molecule has 22 heavy (non-hydrogen) atoms. The highest BCUT2D eigenvalue weighted by atomic mass is 16.3. The lowest BCUT2D eigenvalue weighted by atomic mass is 10.1. The van der Waals surface area contributed by atoms with Crippen molar-refractivity contribution in [2.45, 2.75) is 38.7 Å². The van der Waals surface area contributed by atoms with Crippen molar-refractivity contribution in [2.75, 3.05) is 25.0 Å². The number of carbonyl (C=O) groups is 2. The average molecular weight is 304 g/mol. The van der Waals surface area contributed by atoms with Crippen LogP contribution in [-0.4, -0.2) is 48.1 Å². The van der Waals surface area contributed by atoms with Gasteiger partial charge in [-0.15, -0.1) is 0 Å². The molecule has 1 saturated heterocycles. The van der Waals surface area contributed by atoms with Gasteiger partial charge in [-0.3, -0.25) is 9.59 Å². The second-order valence-corrected chi connectivity index (χ2v) is 5.91. The maximum atomic E-state index is 12.3. The molecule has 0 bridgehead atoms. The molecule has 1 N–H and O–H groups in total. The molecule has 1 atom stereocenters. The number of rotatable bonds is 5. The van der Waals surface area contributed by atoms with Crippen LogP contribution in [-0.2, 0) is 4.79 Å². The number of aliphatic hydroxyl groups is 1. The number of nitrogens with zero attached hydrogens (tertiary/aromatic N) is 2. The van der Waals surface area contributed by atoms with Crippen LogP contribution in [0, 0.1) is 0 Å². The summed E-state index contributed by atoms with van der Waals surface area (Å²) >= 11 is 0. The third-order valence-electron chi connectivity index (χ3n) is 3.98. The minimum Gasteiger partial charge on any atom is -0.393 e. The largest absolute Gasteiger partial charge is 0.393 e. The van der Waals surface area contributed by atoms with Crippen LogP contribution in [0.4, 0.5) is 5.69 Å². The van der Waals surface area contributed by atoms with E-state index in [0.717, 1.165) is 25.1 Å². The lowest BCUT2D eigenvalue weighted by Gasteiger charge is -2.27. The Morgan fingerprint density at radius 1 is 1.32 bits per heavy atom. The monoisotopic (exact) mass is 304 g/mol. The van der Waals surface area contributed by atoms with Crippen molar-refractivity contribution < 1.29 is 14.7 Å². The molecule has 1 aliphatic rings. The Morgan fingerprint density at radius 3 is 2.59 bits per heavy atom. The number of amides is 2. The summed E-state index contributed by atoms with van der Waals surface area (Å²) in [6.45, 7) is 2.98. The number of carbonyl (C=O) groups excluding carboxylic acids is 2. The first-order valence-electron chi connectivity index (χ1n) is 7.83. The molecule has 5 heteroatoms. The molecule has 0 radical (unpaired) electrons. The molecule has 1 aliphatic heterocycles. The number of anilines is 1. The van der Waals surface area contributed by atoms with Crippen molar-refractivity contribution in [3.63, 3.8) is 0 Å². The molecule has 5 nitrogen and oxygen atoms in total. The molecule has 1 aromatic rings. The Kier molecular flexibility index (Phi) is 5.55. The van der Waals surface area contributed by atoms with Crippen molar-refractivity contribution in [3.8, 4) is 0 Å². The molecule has 1 aromatic carbocycles. The van der Waals surface area contributed by atoms with Gasteiger partial charge in [0.15, 0.2) is 0 Å². The normalized spacial score (nSPS) is 16.5. The van der Waals surface area contributed by atoms with E-state index in [1.807, 2.05) is 12.1 Å². The SMILES string of the molecule is C[C@H](O)CCN(C)C(=O)c1ccc(N2CCCCC2=O)cc1. The summed E-state index contributed by atoms with van der Waals surface area (Å²) in [5.41, 5.74) is 1.45. The third kappa shape index (κ3) is 4.07. The summed E-state index contributed by atoms with van der Waals surface area (Å²) in [6.07, 6.45) is 2.72. The zero-order chi connectivity index (χ0) is 16.1. The summed E-state index contributed by atoms with van der Waals surface area (Å²) in [5, 5.41) is 9.28. The van der Waals surface area contributed by atoms with Crippen molar-refractivity contribution in [1.29, 1.82) is 0 Å². The zero-order valence-corrected chi connectivity index (χ0v) is 13.3. The standard InChI is InChI=1S/C17H24N2O3/c1-13(20)10-12-18(2)17(22)14-6-8-15(9-7-14)19-11-4-3-5-16(19)21/h6-9,13,20H,3-5,10-12H2,1-2H3/t13-/m0/s1. The summed E-state index contributed by atoms with van der Waals surface area (Å²) in [4.78, 5) is 27.6. The molecule has 1 fully saturated rings. The average Bonchev–Trinajstić information content (AvgIpc) is 2.52. The fourth-order valence-corrected chi connectivity index (χ4v) is 2.57. The first kappa shape index (κ1) is 16.5. The van der Waals surface area contributed by atoms with Crippen LogP contribution in [0.25, 0.3) is 0 Å². The van der Waals surface area contributed by atoms with E-state index in [2.05, 4.69) is 0 Å². The number of piperidine rings is 1. The van der Waals surface area contributed by atoms with E-state index >= 15 is 0 Å². The van der Waals surface area contributed by atoms with E-state index in [0.29, 0.717) is 24.9 Å². The maximum absolute atomic E-state index is 12.3. The second kappa shape index (κ2) is 7.40. The highest BCUT2D eigenvalue weighted by Crippen LogP contribution is 2.21. The first-order chi connectivity index (χ1) is 10.5. The summed E-state index contributed by atoms with van der Waals surface area (Å²) in [7, 11) is 1.73. The summed E-state index contributed by atoms with van der Waals surface area (Å²) in [6, 6.07) is 7.19. The van der Waals surface area contributed by atoms with E-state index in [4.69, 9.17) is 0 Å². The first-order valence-corrected chi connectivity index (χ1v) is 7.83. The van der Waals surface area contributed by atoms with E-state index in [1.54, 1.807) is 35.9 Å². The molecular formula is C17H24N2O3. The molecule has 1 heterocycles. The molecule has 2 amide bonds. The molecule has 120 valence electrons. The van der Waals surface area contributed by atoms with Gasteiger partial charge in [0.25, 0.3) is 5.91 Å². The van der Waals surface area contributed by atoms with E-state index < -0.39 is 6.10 Å². The van der Waals surface area contributed by atoms with Gasteiger partial charge < -0.3 is 14.9 Å². The highest BCUT2D eigenvalue weighted by molar-refractivity contribution is 5.96. The number of aliphatic hydroxyl groups excluding tert-OH is 1. The van der Waals surface area contributed by atoms with Crippen LogP contribution in [0.15, 0.2) is 24.3 Å². The smallest absolute Gasteiger partial charge is 0.253 e. The maximum Gasteiger partial charge on any atom is 0.253 e. The Morgan fingerprint density at radius 2 is 2.00 bits per heavy atom. The predicted octanol–water partition coefficient (Wildman–Crippen LogP) is 2.05. The second-order valence-electron chi connectivity index (χ2n) is 5.91. The van der Waals surface area contributed by atoms with E-state index in [9.17, 15) is 14.7 Å². The molecular weight excluding hydrogens is 280 g/mol. The van der Waals surface area contributed by atoms with Crippen molar-refractivity contribution in [3.05, 3.63) is 29.8 Å². The number of hydrogen-bond acceptors (Lipinski definition) is 3. The topological polar surface area (TPSA) is 60.9 Å². The van der Waals surface area contributed by atoms with Crippen molar-refractivity contribution in [1.82, 2.24) is 4.90 Å². The van der Waals surface area contributed by atoms with Gasteiger partial charge in [-0.1, -0.05) is 0 Å². The van der Waals surface area contributed by atoms with Gasteiger partial charge >= 0.3 is 0 Å². The van der Waals surface area contributed by atoms with Crippen LogP contribution in [0.5, 0.6) is 0 Å². The van der Waals surface area contributed by atoms with Crippen LogP contribution < -0.4 is 4.90 Å². The van der Waals surface area contributed by atoms with E-state index in [-0.39, 0.29) is 11.8 Å². The van der Waals surface area contributed by atoms with Gasteiger partial charge in [-0.25, -0.2) is 0 Å². The van der Waals surface area contributed by atoms with Gasteiger partial charge in [-0.05, 0) is 50.5 Å². The van der Waals surface area contributed by atoms with Crippen LogP contribution in [0.1, 0.15) is 43.0 Å². The van der Waals surface area contributed by atoms with Crippen LogP contribution in [0.3, 0.4) is 0 Å². The summed E-state index contributed by atoms with van der Waals surface area (Å²) in [5.74, 6) is 0.0801. The molecule has 0 aliphatic carbocycles. The van der Waals surface area contributed by atoms with E-state index in [1.165, 1.54) is 0 Å². The third-order valence-corrected chi connectivity index (χ3v) is 3.98. The Bertz CT molecular complexity index is 525. The molecule has 0 aromatic heterocycles. The van der Waals surface area contributed by atoms with Crippen LogP contribution in [0.2, 0.25) is 0 Å². The molecule has 2 rings (SSSR count). The summed E-state index contributed by atoms with van der Waals surface area (Å²) < 4.78 is 0. The minimum absolute atomic E-state index is 0.0721. The fourth-order valence-electron chi connectivity index (χ4n) is 2.57. The Balaban J connectivity index is 2.01. The number of benzene rings is 1. The predicted molar refractivity (Wildman–Crippen MR) is 85.9 cm³/mol. The number of hydrogen-bond donors (Lipinski definition) is 1. The van der Waals surface area contributed by atoms with Crippen LogP contribution >= 0.6 is 0 Å². The lowest BCUT2D eigenvalue weighted by molar-refractivity contribution is -0.119. The zero-order valence-electron chi connectivity index (χ0n) is 13.3. The molecule has 0 unspecified atom stereocenters. The van der Waals surface area contributed by atoms with Crippen molar-refractivity contribution >= 4 is 17.5 Å². The van der Waals surface area contributed by atoms with Gasteiger partial charge in [0.2, 0.25) is 5.91 Å². The fraction of sp³-hybridized carbons (Fsp3) is 0.529. The Hall–Kier alpha value is -1.88. The quantitative estimate of drug-likeness (QED) is 0.905. The molecule has 0 saturated carbocycles. The van der Waals surface area contributed by atoms with Crippen molar-refractivity contribution in [2.24, 2.45) is 0 Å². The van der Waals surface area contributed by atoms with Gasteiger partial charge in [0.05, 0.1) is 6.10 Å². The molecule has 0 spiro atoms. The van der Waals surface area contributed by atoms with Gasteiger partial charge in [0.1, 0.15) is 0 Å². The van der Waals surface area contributed by atoms with Gasteiger partial charge in [-0.2, -0.15) is 0 Å². The Labute approximate surface area is 131 Å². The minimum atomic E-state index is -0.414. The highest BCUT2D eigenvalue weighted by Gasteiger charge is 2.20.